The molecule has 0 bridgehead atoms. The summed E-state index contributed by atoms with van der Waals surface area (Å²) < 4.78 is 0. The van der Waals surface area contributed by atoms with E-state index in [1.807, 2.05) is 6.92 Å². The van der Waals surface area contributed by atoms with Gasteiger partial charge in [0.1, 0.15) is 0 Å². The number of nitrogens with one attached hydrogen (secondary N) is 1. The lowest BCUT2D eigenvalue weighted by Crippen LogP contribution is -1.82. The summed E-state index contributed by atoms with van der Waals surface area (Å²) in [5.74, 6) is 0. The molecule has 0 unspecified atom stereocenters. The van der Waals surface area contributed by atoms with Crippen LogP contribution in [-0.2, 0) is 0 Å². The number of aryl methyl sites for hydroxylation is 1. The summed E-state index contributed by atoms with van der Waals surface area (Å²) >= 11 is 1.47. The third-order valence-corrected chi connectivity index (χ3v) is 1.61. The van der Waals surface area contributed by atoms with Gasteiger partial charge in [-0.1, -0.05) is 0 Å². The Labute approximate surface area is 57.0 Å². The molecule has 0 aliphatic rings. The van der Waals surface area contributed by atoms with Crippen molar-refractivity contribution in [1.29, 1.82) is 5.26 Å². The van der Waals surface area contributed by atoms with E-state index in [0.29, 0.717) is 5.13 Å². The SMILES string of the molecule is Cc1cnc(NC#N)s1. The summed E-state index contributed by atoms with van der Waals surface area (Å²) in [5, 5.41) is 11.2. The van der Waals surface area contributed by atoms with Gasteiger partial charge >= 0.3 is 0 Å². The molecular formula is C5H5N3S. The molecule has 0 fully saturated rings. The molecule has 1 aromatic rings. The Kier molecular flexibility index (Phi) is 1.66. The number of thiazole rings is 1. The average molecular weight is 139 g/mol. The average Bonchev–Trinajstić information content (AvgIpc) is 2.17. The molecule has 0 amide bonds. The number of rotatable bonds is 1. The number of hydrogen-bond donors (Lipinski definition) is 1. The van der Waals surface area contributed by atoms with Gasteiger partial charge in [0.2, 0.25) is 0 Å². The normalized spacial score (nSPS) is 8.44. The van der Waals surface area contributed by atoms with Gasteiger partial charge < -0.3 is 0 Å². The molecule has 1 N–H and O–H groups in total. The zero-order valence-corrected chi connectivity index (χ0v) is 5.70. The van der Waals surface area contributed by atoms with Crippen LogP contribution in [-0.4, -0.2) is 4.98 Å². The van der Waals surface area contributed by atoms with Crippen molar-refractivity contribution in [2.24, 2.45) is 0 Å². The first-order chi connectivity index (χ1) is 4.33. The van der Waals surface area contributed by atoms with Crippen LogP contribution in [0.3, 0.4) is 0 Å². The third kappa shape index (κ3) is 1.40. The van der Waals surface area contributed by atoms with Crippen LogP contribution < -0.4 is 5.32 Å². The molecule has 0 spiro atoms. The lowest BCUT2D eigenvalue weighted by atomic mass is 10.7. The monoisotopic (exact) mass is 139 g/mol. The van der Waals surface area contributed by atoms with E-state index in [1.165, 1.54) is 11.3 Å². The molecule has 0 aliphatic heterocycles. The van der Waals surface area contributed by atoms with Crippen LogP contribution >= 0.6 is 11.3 Å². The molecule has 46 valence electrons. The Hall–Kier alpha value is -1.08. The quantitative estimate of drug-likeness (QED) is 0.472. The molecule has 0 atom stereocenters. The second-order valence-corrected chi connectivity index (χ2v) is 2.75. The van der Waals surface area contributed by atoms with Gasteiger partial charge in [-0.3, -0.25) is 5.32 Å². The van der Waals surface area contributed by atoms with Gasteiger partial charge in [0.25, 0.3) is 0 Å². The molecule has 1 heterocycles. The van der Waals surface area contributed by atoms with Crippen LogP contribution in [0.15, 0.2) is 6.20 Å². The minimum atomic E-state index is 0.662. The van der Waals surface area contributed by atoms with E-state index in [9.17, 15) is 0 Å². The molecule has 1 rings (SSSR count). The van der Waals surface area contributed by atoms with Gasteiger partial charge in [0, 0.05) is 11.1 Å². The van der Waals surface area contributed by atoms with Crippen molar-refractivity contribution in [3.63, 3.8) is 0 Å². The highest BCUT2D eigenvalue weighted by Gasteiger charge is 1.93. The zero-order valence-electron chi connectivity index (χ0n) is 4.88. The number of hydrogen-bond acceptors (Lipinski definition) is 4. The van der Waals surface area contributed by atoms with Gasteiger partial charge in [-0.15, -0.1) is 11.3 Å². The highest BCUT2D eigenvalue weighted by atomic mass is 32.1. The van der Waals surface area contributed by atoms with Gasteiger partial charge in [0.15, 0.2) is 11.3 Å². The highest BCUT2D eigenvalue weighted by Crippen LogP contribution is 2.15. The van der Waals surface area contributed by atoms with E-state index in [1.54, 1.807) is 12.4 Å². The maximum absolute atomic E-state index is 8.13. The second kappa shape index (κ2) is 2.46. The van der Waals surface area contributed by atoms with Crippen LogP contribution in [0.5, 0.6) is 0 Å². The summed E-state index contributed by atoms with van der Waals surface area (Å²) in [5.41, 5.74) is 0. The summed E-state index contributed by atoms with van der Waals surface area (Å²) in [6, 6.07) is 0. The van der Waals surface area contributed by atoms with E-state index < -0.39 is 0 Å². The van der Waals surface area contributed by atoms with Crippen LogP contribution in [0.2, 0.25) is 0 Å². The van der Waals surface area contributed by atoms with Crippen molar-refractivity contribution in [3.05, 3.63) is 11.1 Å². The van der Waals surface area contributed by atoms with E-state index in [0.717, 1.165) is 4.88 Å². The fourth-order valence-corrected chi connectivity index (χ4v) is 1.07. The molecule has 0 aliphatic carbocycles. The molecule has 0 saturated carbocycles. The zero-order chi connectivity index (χ0) is 6.69. The van der Waals surface area contributed by atoms with Crippen molar-refractivity contribution in [3.8, 4) is 6.19 Å². The smallest absolute Gasteiger partial charge is 0.196 e. The highest BCUT2D eigenvalue weighted by molar-refractivity contribution is 7.15. The minimum absolute atomic E-state index is 0.662. The number of nitriles is 1. The van der Waals surface area contributed by atoms with Crippen LogP contribution in [0.1, 0.15) is 4.88 Å². The van der Waals surface area contributed by atoms with Crippen molar-refractivity contribution < 1.29 is 0 Å². The predicted octanol–water partition coefficient (Wildman–Crippen LogP) is 1.34. The predicted molar refractivity (Wildman–Crippen MR) is 36.1 cm³/mol. The Morgan fingerprint density at radius 3 is 3.11 bits per heavy atom. The molecule has 0 aromatic carbocycles. The lowest BCUT2D eigenvalue weighted by Gasteiger charge is -1.81. The topological polar surface area (TPSA) is 48.7 Å². The molecule has 1 aromatic heterocycles. The Bertz CT molecular complexity index is 235. The maximum Gasteiger partial charge on any atom is 0.196 e. The summed E-state index contributed by atoms with van der Waals surface area (Å²) in [6.07, 6.45) is 3.52. The lowest BCUT2D eigenvalue weighted by molar-refractivity contribution is 1.36. The van der Waals surface area contributed by atoms with E-state index in [2.05, 4.69) is 10.3 Å². The standard InChI is InChI=1S/C5H5N3S/c1-4-2-7-5(9-4)8-3-6/h2H,1H3,(H,7,8). The fourth-order valence-electron chi connectivity index (χ4n) is 0.460. The summed E-state index contributed by atoms with van der Waals surface area (Å²) in [7, 11) is 0. The van der Waals surface area contributed by atoms with Crippen molar-refractivity contribution >= 4 is 16.5 Å². The van der Waals surface area contributed by atoms with E-state index >= 15 is 0 Å². The first-order valence-electron chi connectivity index (χ1n) is 2.40. The van der Waals surface area contributed by atoms with Crippen LogP contribution in [0.4, 0.5) is 5.13 Å². The molecule has 0 saturated heterocycles. The fraction of sp³-hybridized carbons (Fsp3) is 0.200. The largest absolute Gasteiger partial charge is 0.268 e. The van der Waals surface area contributed by atoms with Crippen LogP contribution in [0, 0.1) is 18.4 Å². The van der Waals surface area contributed by atoms with Crippen molar-refractivity contribution in [2.45, 2.75) is 6.92 Å². The minimum Gasteiger partial charge on any atom is -0.268 e. The molecule has 0 radical (unpaired) electrons. The summed E-state index contributed by atoms with van der Waals surface area (Å²) in [6.45, 7) is 1.94. The van der Waals surface area contributed by atoms with Crippen LogP contribution in [0.25, 0.3) is 0 Å². The number of nitrogens with zero attached hydrogens (tertiary/aromatic N) is 2. The number of aromatic nitrogens is 1. The van der Waals surface area contributed by atoms with Crippen molar-refractivity contribution in [2.75, 3.05) is 5.32 Å². The molecule has 3 nitrogen and oxygen atoms in total. The Morgan fingerprint density at radius 2 is 2.67 bits per heavy atom. The van der Waals surface area contributed by atoms with Gasteiger partial charge in [-0.2, -0.15) is 5.26 Å². The Balaban J connectivity index is 2.76. The first kappa shape index (κ1) is 6.05. The molecular weight excluding hydrogens is 134 g/mol. The molecule has 4 heteroatoms. The second-order valence-electron chi connectivity index (χ2n) is 1.51. The number of anilines is 1. The van der Waals surface area contributed by atoms with E-state index in [-0.39, 0.29) is 0 Å². The first-order valence-corrected chi connectivity index (χ1v) is 3.22. The Morgan fingerprint density at radius 1 is 1.89 bits per heavy atom. The molecule has 9 heavy (non-hydrogen) atoms. The van der Waals surface area contributed by atoms with Gasteiger partial charge in [-0.05, 0) is 6.92 Å². The van der Waals surface area contributed by atoms with Crippen molar-refractivity contribution in [1.82, 2.24) is 4.98 Å². The third-order valence-electron chi connectivity index (χ3n) is 0.784. The summed E-state index contributed by atoms with van der Waals surface area (Å²) in [4.78, 5) is 4.99. The van der Waals surface area contributed by atoms with Gasteiger partial charge in [-0.25, -0.2) is 4.98 Å². The van der Waals surface area contributed by atoms with E-state index in [4.69, 9.17) is 5.26 Å². The van der Waals surface area contributed by atoms with Gasteiger partial charge in [0.05, 0.1) is 0 Å². The maximum atomic E-state index is 8.13.